The fraction of sp³-hybridized carbons (Fsp3) is 0.667. The number of thiazole rings is 1. The summed E-state index contributed by atoms with van der Waals surface area (Å²) in [6.07, 6.45) is 0.0481. The summed E-state index contributed by atoms with van der Waals surface area (Å²) >= 11 is 1.48. The molecule has 1 aromatic heterocycles. The molecule has 0 aromatic carbocycles. The molecule has 1 heterocycles. The van der Waals surface area contributed by atoms with Gasteiger partial charge in [0.25, 0.3) is 0 Å². The maximum atomic E-state index is 9.71. The van der Waals surface area contributed by atoms with Gasteiger partial charge >= 0.3 is 0 Å². The fourth-order valence-electron chi connectivity index (χ4n) is 1.14. The topological polar surface area (TPSA) is 68.4 Å². The molecule has 0 amide bonds. The first-order valence-corrected chi connectivity index (χ1v) is 5.34. The Labute approximate surface area is 87.7 Å². The number of aliphatic hydroxyl groups is 1. The molecule has 5 heteroatoms. The Morgan fingerprint density at radius 3 is 2.86 bits per heavy atom. The smallest absolute Gasteiger partial charge is 0.122 e. The predicted octanol–water partition coefficient (Wildman–Crippen LogP) is 0.980. The number of aliphatic hydroxyl groups excluding tert-OH is 1. The highest BCUT2D eigenvalue weighted by Crippen LogP contribution is 2.25. The molecule has 0 fully saturated rings. The highest BCUT2D eigenvalue weighted by Gasteiger charge is 2.13. The van der Waals surface area contributed by atoms with E-state index in [0.29, 0.717) is 19.6 Å². The van der Waals surface area contributed by atoms with Crippen LogP contribution in [-0.4, -0.2) is 23.8 Å². The number of methoxy groups -OCH3 is 1. The molecule has 0 aliphatic heterocycles. The Balaban J connectivity index is 2.65. The lowest BCUT2D eigenvalue weighted by Gasteiger charge is -2.05. The first-order valence-electron chi connectivity index (χ1n) is 4.52. The summed E-state index contributed by atoms with van der Waals surface area (Å²) in [5.74, 6) is 0. The fourth-order valence-corrected chi connectivity index (χ4v) is 2.10. The van der Waals surface area contributed by atoms with Crippen molar-refractivity contribution in [1.29, 1.82) is 0 Å². The molecule has 0 aliphatic carbocycles. The average molecular weight is 216 g/mol. The third-order valence-electron chi connectivity index (χ3n) is 1.98. The van der Waals surface area contributed by atoms with Gasteiger partial charge in [-0.3, -0.25) is 0 Å². The average Bonchev–Trinajstić information content (AvgIpc) is 2.56. The van der Waals surface area contributed by atoms with Gasteiger partial charge < -0.3 is 15.6 Å². The van der Waals surface area contributed by atoms with Crippen molar-refractivity contribution < 1.29 is 9.84 Å². The second-order valence-electron chi connectivity index (χ2n) is 3.06. The lowest BCUT2D eigenvalue weighted by molar-refractivity contribution is 0.110. The van der Waals surface area contributed by atoms with Gasteiger partial charge in [0.2, 0.25) is 0 Å². The van der Waals surface area contributed by atoms with Gasteiger partial charge in [0.1, 0.15) is 11.1 Å². The predicted molar refractivity (Wildman–Crippen MR) is 56.2 cm³/mol. The van der Waals surface area contributed by atoms with E-state index in [1.165, 1.54) is 11.3 Å². The van der Waals surface area contributed by atoms with E-state index < -0.39 is 6.10 Å². The van der Waals surface area contributed by atoms with E-state index in [2.05, 4.69) is 4.98 Å². The lowest BCUT2D eigenvalue weighted by Crippen LogP contribution is -2.01. The van der Waals surface area contributed by atoms with Crippen molar-refractivity contribution in [3.63, 3.8) is 0 Å². The third-order valence-corrected chi connectivity index (χ3v) is 3.26. The van der Waals surface area contributed by atoms with Crippen molar-refractivity contribution in [1.82, 2.24) is 4.98 Å². The van der Waals surface area contributed by atoms with Gasteiger partial charge in [0, 0.05) is 31.6 Å². The second kappa shape index (κ2) is 5.41. The van der Waals surface area contributed by atoms with Gasteiger partial charge in [-0.15, -0.1) is 11.3 Å². The minimum absolute atomic E-state index is 0.487. The number of nitrogens with zero attached hydrogens (tertiary/aromatic N) is 1. The van der Waals surface area contributed by atoms with Crippen LogP contribution in [0.15, 0.2) is 0 Å². The molecule has 4 nitrogen and oxygen atoms in total. The molecule has 1 atom stereocenters. The highest BCUT2D eigenvalue weighted by molar-refractivity contribution is 7.11. The number of rotatable bonds is 5. The molecular weight excluding hydrogens is 200 g/mol. The van der Waals surface area contributed by atoms with Crippen LogP contribution in [-0.2, 0) is 11.3 Å². The van der Waals surface area contributed by atoms with E-state index in [9.17, 15) is 5.11 Å². The van der Waals surface area contributed by atoms with E-state index in [1.54, 1.807) is 7.11 Å². The third kappa shape index (κ3) is 2.75. The van der Waals surface area contributed by atoms with Crippen LogP contribution in [0.25, 0.3) is 0 Å². The SMILES string of the molecule is COCCC(O)c1nc(C)c(CN)s1. The summed E-state index contributed by atoms with van der Waals surface area (Å²) in [4.78, 5) is 5.31. The standard InChI is InChI=1S/C9H16N2O2S/c1-6-8(5-10)14-9(11-6)7(12)3-4-13-2/h7,12H,3-5,10H2,1-2H3. The summed E-state index contributed by atoms with van der Waals surface area (Å²) in [5.41, 5.74) is 6.45. The molecule has 0 aliphatic rings. The quantitative estimate of drug-likeness (QED) is 0.770. The van der Waals surface area contributed by atoms with E-state index in [1.807, 2.05) is 6.92 Å². The number of aryl methyl sites for hydroxylation is 1. The second-order valence-corrected chi connectivity index (χ2v) is 4.18. The number of nitrogens with two attached hydrogens (primary N) is 1. The van der Waals surface area contributed by atoms with Crippen molar-refractivity contribution in [2.45, 2.75) is 26.0 Å². The largest absolute Gasteiger partial charge is 0.386 e. The molecule has 1 unspecified atom stereocenters. The monoisotopic (exact) mass is 216 g/mol. The summed E-state index contributed by atoms with van der Waals surface area (Å²) in [6.45, 7) is 2.93. The molecule has 14 heavy (non-hydrogen) atoms. The van der Waals surface area contributed by atoms with Crippen LogP contribution in [0.1, 0.15) is 28.1 Å². The highest BCUT2D eigenvalue weighted by atomic mass is 32.1. The van der Waals surface area contributed by atoms with E-state index >= 15 is 0 Å². The van der Waals surface area contributed by atoms with Crippen LogP contribution in [0.5, 0.6) is 0 Å². The maximum Gasteiger partial charge on any atom is 0.122 e. The van der Waals surface area contributed by atoms with Crippen LogP contribution in [0.3, 0.4) is 0 Å². The van der Waals surface area contributed by atoms with E-state index in [4.69, 9.17) is 10.5 Å². The van der Waals surface area contributed by atoms with Gasteiger partial charge in [-0.2, -0.15) is 0 Å². The van der Waals surface area contributed by atoms with Crippen LogP contribution in [0, 0.1) is 6.92 Å². The molecule has 0 radical (unpaired) electrons. The van der Waals surface area contributed by atoms with Crippen molar-refractivity contribution >= 4 is 11.3 Å². The summed E-state index contributed by atoms with van der Waals surface area (Å²) in [7, 11) is 1.62. The van der Waals surface area contributed by atoms with Crippen LogP contribution < -0.4 is 5.73 Å². The number of aromatic nitrogens is 1. The maximum absolute atomic E-state index is 9.71. The molecule has 80 valence electrons. The van der Waals surface area contributed by atoms with Gasteiger partial charge in [-0.05, 0) is 6.92 Å². The lowest BCUT2D eigenvalue weighted by atomic mass is 10.3. The van der Waals surface area contributed by atoms with Gasteiger partial charge in [0.05, 0.1) is 5.69 Å². The minimum Gasteiger partial charge on any atom is -0.386 e. The molecule has 0 saturated carbocycles. The van der Waals surface area contributed by atoms with Crippen molar-refractivity contribution in [2.24, 2.45) is 5.73 Å². The van der Waals surface area contributed by atoms with Crippen LogP contribution in [0.4, 0.5) is 0 Å². The van der Waals surface area contributed by atoms with Crippen molar-refractivity contribution in [3.05, 3.63) is 15.6 Å². The van der Waals surface area contributed by atoms with Crippen molar-refractivity contribution in [3.8, 4) is 0 Å². The number of ether oxygens (including phenoxy) is 1. The minimum atomic E-state index is -0.529. The van der Waals surface area contributed by atoms with Gasteiger partial charge in [-0.25, -0.2) is 4.98 Å². The van der Waals surface area contributed by atoms with Crippen LogP contribution in [0.2, 0.25) is 0 Å². The Bertz CT molecular complexity index is 288. The zero-order chi connectivity index (χ0) is 10.6. The molecule has 0 spiro atoms. The Morgan fingerprint density at radius 2 is 2.36 bits per heavy atom. The normalized spacial score (nSPS) is 13.1. The molecule has 3 N–H and O–H groups in total. The summed E-state index contributed by atoms with van der Waals surface area (Å²) in [5, 5.41) is 10.4. The van der Waals surface area contributed by atoms with E-state index in [0.717, 1.165) is 15.6 Å². The first kappa shape index (κ1) is 11.6. The van der Waals surface area contributed by atoms with Crippen molar-refractivity contribution in [2.75, 3.05) is 13.7 Å². The summed E-state index contributed by atoms with van der Waals surface area (Å²) in [6, 6.07) is 0. The molecule has 0 saturated heterocycles. The molecule has 0 bridgehead atoms. The molecular formula is C9H16N2O2S. The Hall–Kier alpha value is -0.490. The van der Waals surface area contributed by atoms with Gasteiger partial charge in [-0.1, -0.05) is 0 Å². The van der Waals surface area contributed by atoms with Crippen LogP contribution >= 0.6 is 11.3 Å². The first-order chi connectivity index (χ1) is 6.69. The number of hydrogen-bond acceptors (Lipinski definition) is 5. The van der Waals surface area contributed by atoms with Gasteiger partial charge in [0.15, 0.2) is 0 Å². The Kier molecular flexibility index (Phi) is 4.47. The molecule has 1 aromatic rings. The zero-order valence-electron chi connectivity index (χ0n) is 8.49. The summed E-state index contributed by atoms with van der Waals surface area (Å²) < 4.78 is 4.89. The number of hydrogen-bond donors (Lipinski definition) is 2. The Morgan fingerprint density at radius 1 is 1.64 bits per heavy atom. The molecule has 1 rings (SSSR count). The zero-order valence-corrected chi connectivity index (χ0v) is 9.30. The van der Waals surface area contributed by atoms with E-state index in [-0.39, 0.29) is 0 Å².